The molecule has 0 atom stereocenters. The molecule has 0 N–H and O–H groups in total. The summed E-state index contributed by atoms with van der Waals surface area (Å²) in [6, 6.07) is 3.54. The number of carbonyl (C=O) groups excluding carboxylic acids is 1. The molecule has 1 aromatic rings. The molecule has 0 radical (unpaired) electrons. The summed E-state index contributed by atoms with van der Waals surface area (Å²) in [5.41, 5.74) is -0.729. The normalized spacial score (nSPS) is 11.0. The van der Waals surface area contributed by atoms with Crippen molar-refractivity contribution in [2.24, 2.45) is 0 Å². The lowest BCUT2D eigenvalue weighted by Crippen LogP contribution is -2.12. The molecule has 1 rings (SSSR count). The monoisotopic (exact) mass is 230 g/mol. The van der Waals surface area contributed by atoms with E-state index in [0.717, 1.165) is 12.1 Å². The van der Waals surface area contributed by atoms with Crippen molar-refractivity contribution in [3.63, 3.8) is 0 Å². The number of hydrogen-bond acceptors (Lipinski definition) is 2. The average Bonchev–Trinajstić information content (AvgIpc) is 2.19. The van der Waals surface area contributed by atoms with Crippen LogP contribution in [0.15, 0.2) is 30.9 Å². The maximum atomic E-state index is 12.6. The molecule has 0 bridgehead atoms. The van der Waals surface area contributed by atoms with E-state index in [-0.39, 0.29) is 5.56 Å². The second kappa shape index (κ2) is 4.38. The van der Waals surface area contributed by atoms with Gasteiger partial charge in [-0.05, 0) is 18.6 Å². The molecule has 86 valence electrons. The Morgan fingerprint density at radius 3 is 2.56 bits per heavy atom. The third-order valence-corrected chi connectivity index (χ3v) is 1.89. The highest BCUT2D eigenvalue weighted by atomic mass is 19.4. The van der Waals surface area contributed by atoms with Gasteiger partial charge in [-0.1, -0.05) is 18.7 Å². The molecule has 0 aromatic heterocycles. The summed E-state index contributed by atoms with van der Waals surface area (Å²) in [7, 11) is 0. The summed E-state index contributed by atoms with van der Waals surface area (Å²) in [5.74, 6) is -1.39. The van der Waals surface area contributed by atoms with Crippen molar-refractivity contribution in [2.75, 3.05) is 0 Å². The van der Waals surface area contributed by atoms with Crippen LogP contribution < -0.4 is 4.74 Å². The molecule has 0 aliphatic carbocycles. The van der Waals surface area contributed by atoms with Gasteiger partial charge in [0.05, 0.1) is 5.56 Å². The van der Waals surface area contributed by atoms with Crippen molar-refractivity contribution in [3.8, 4) is 5.75 Å². The van der Waals surface area contributed by atoms with Gasteiger partial charge in [0.15, 0.2) is 0 Å². The van der Waals surface area contributed by atoms with E-state index >= 15 is 0 Å². The zero-order valence-electron chi connectivity index (χ0n) is 8.47. The molecule has 1 aromatic carbocycles. The molecule has 5 heteroatoms. The molecular formula is C11H9F3O2. The fourth-order valence-corrected chi connectivity index (χ4v) is 1.15. The summed E-state index contributed by atoms with van der Waals surface area (Å²) in [5, 5.41) is 0. The van der Waals surface area contributed by atoms with Gasteiger partial charge in [-0.3, -0.25) is 0 Å². The Kier molecular flexibility index (Phi) is 3.37. The third kappa shape index (κ3) is 2.62. The lowest BCUT2D eigenvalue weighted by Gasteiger charge is -2.13. The van der Waals surface area contributed by atoms with Crippen molar-refractivity contribution in [3.05, 3.63) is 42.0 Å². The van der Waals surface area contributed by atoms with Crippen molar-refractivity contribution >= 4 is 5.97 Å². The number of esters is 1. The van der Waals surface area contributed by atoms with Crippen LogP contribution in [0.5, 0.6) is 5.75 Å². The highest BCUT2D eigenvalue weighted by Gasteiger charge is 2.35. The zero-order valence-corrected chi connectivity index (χ0v) is 8.47. The lowest BCUT2D eigenvalue weighted by molar-refractivity contribution is -0.140. The molecule has 0 heterocycles. The molecule has 0 saturated carbocycles. The van der Waals surface area contributed by atoms with Gasteiger partial charge in [0.2, 0.25) is 0 Å². The SMILES string of the molecule is C=CC(=O)Oc1c(C)cccc1C(F)(F)F. The first-order valence-corrected chi connectivity index (χ1v) is 4.37. The topological polar surface area (TPSA) is 26.3 Å². The molecule has 0 aliphatic rings. The van der Waals surface area contributed by atoms with E-state index < -0.39 is 23.5 Å². The molecule has 16 heavy (non-hydrogen) atoms. The van der Waals surface area contributed by atoms with E-state index in [2.05, 4.69) is 11.3 Å². The number of hydrogen-bond donors (Lipinski definition) is 0. The number of rotatable bonds is 2. The number of aryl methyl sites for hydroxylation is 1. The number of benzene rings is 1. The zero-order chi connectivity index (χ0) is 12.3. The average molecular weight is 230 g/mol. The Morgan fingerprint density at radius 1 is 1.44 bits per heavy atom. The van der Waals surface area contributed by atoms with Crippen LogP contribution in [0.2, 0.25) is 0 Å². The highest BCUT2D eigenvalue weighted by Crippen LogP contribution is 2.37. The van der Waals surface area contributed by atoms with Gasteiger partial charge in [0.25, 0.3) is 0 Å². The molecule has 0 spiro atoms. The number of carbonyl (C=O) groups is 1. The van der Waals surface area contributed by atoms with Crippen LogP contribution >= 0.6 is 0 Å². The first kappa shape index (κ1) is 12.3. The summed E-state index contributed by atoms with van der Waals surface area (Å²) < 4.78 is 42.3. The fraction of sp³-hybridized carbons (Fsp3) is 0.182. The van der Waals surface area contributed by atoms with Crippen LogP contribution in [0.1, 0.15) is 11.1 Å². The minimum Gasteiger partial charge on any atom is -0.422 e. The summed E-state index contributed by atoms with van der Waals surface area (Å²) in [6.45, 7) is 4.55. The first-order valence-electron chi connectivity index (χ1n) is 4.37. The number of alkyl halides is 3. The van der Waals surface area contributed by atoms with Crippen molar-refractivity contribution < 1.29 is 22.7 Å². The van der Waals surface area contributed by atoms with Crippen LogP contribution in [-0.2, 0) is 11.0 Å². The van der Waals surface area contributed by atoms with Crippen LogP contribution in [0.4, 0.5) is 13.2 Å². The van der Waals surface area contributed by atoms with E-state index in [9.17, 15) is 18.0 Å². The second-order valence-corrected chi connectivity index (χ2v) is 3.07. The van der Waals surface area contributed by atoms with E-state index in [4.69, 9.17) is 0 Å². The van der Waals surface area contributed by atoms with Crippen LogP contribution in [-0.4, -0.2) is 5.97 Å². The van der Waals surface area contributed by atoms with E-state index in [0.29, 0.717) is 0 Å². The fourth-order valence-electron chi connectivity index (χ4n) is 1.15. The van der Waals surface area contributed by atoms with Crippen LogP contribution in [0.25, 0.3) is 0 Å². The van der Waals surface area contributed by atoms with E-state index in [1.54, 1.807) is 0 Å². The Bertz CT molecular complexity index is 422. The molecule has 2 nitrogen and oxygen atoms in total. The van der Waals surface area contributed by atoms with Crippen molar-refractivity contribution in [1.29, 1.82) is 0 Å². The summed E-state index contributed by atoms with van der Waals surface area (Å²) >= 11 is 0. The Hall–Kier alpha value is -1.78. The van der Waals surface area contributed by atoms with Gasteiger partial charge in [0.1, 0.15) is 5.75 Å². The predicted molar refractivity (Wildman–Crippen MR) is 52.0 cm³/mol. The highest BCUT2D eigenvalue weighted by molar-refractivity contribution is 5.83. The number of ether oxygens (including phenoxy) is 1. The lowest BCUT2D eigenvalue weighted by atomic mass is 10.1. The Labute approximate surface area is 90.3 Å². The number of halogens is 3. The smallest absolute Gasteiger partial charge is 0.419 e. The van der Waals surface area contributed by atoms with E-state index in [1.165, 1.54) is 19.1 Å². The molecule has 0 aliphatic heterocycles. The number of para-hydroxylation sites is 1. The largest absolute Gasteiger partial charge is 0.422 e. The van der Waals surface area contributed by atoms with Gasteiger partial charge in [0, 0.05) is 6.08 Å². The summed E-state index contributed by atoms with van der Waals surface area (Å²) in [4.78, 5) is 10.9. The van der Waals surface area contributed by atoms with Gasteiger partial charge in [-0.2, -0.15) is 13.2 Å². The predicted octanol–water partition coefficient (Wildman–Crippen LogP) is 3.11. The van der Waals surface area contributed by atoms with Gasteiger partial charge in [-0.15, -0.1) is 0 Å². The van der Waals surface area contributed by atoms with Crippen molar-refractivity contribution in [2.45, 2.75) is 13.1 Å². The van der Waals surface area contributed by atoms with Crippen molar-refractivity contribution in [1.82, 2.24) is 0 Å². The molecular weight excluding hydrogens is 221 g/mol. The molecule has 0 amide bonds. The Balaban J connectivity index is 3.24. The minimum atomic E-state index is -4.55. The van der Waals surface area contributed by atoms with Gasteiger partial charge < -0.3 is 4.74 Å². The quantitative estimate of drug-likeness (QED) is 0.443. The first-order chi connectivity index (χ1) is 7.36. The van der Waals surface area contributed by atoms with Gasteiger partial charge >= 0.3 is 12.1 Å². The molecule has 0 fully saturated rings. The standard InChI is InChI=1S/C11H9F3O2/c1-3-9(15)16-10-7(2)5-4-6-8(10)11(12,13)14/h3-6H,1H2,2H3. The molecule has 0 unspecified atom stereocenters. The molecule has 0 saturated heterocycles. The minimum absolute atomic E-state index is 0.241. The van der Waals surface area contributed by atoms with Crippen LogP contribution in [0, 0.1) is 6.92 Å². The Morgan fingerprint density at radius 2 is 2.06 bits per heavy atom. The van der Waals surface area contributed by atoms with Crippen LogP contribution in [0.3, 0.4) is 0 Å². The second-order valence-electron chi connectivity index (χ2n) is 3.07. The van der Waals surface area contributed by atoms with E-state index in [1.807, 2.05) is 0 Å². The van der Waals surface area contributed by atoms with Gasteiger partial charge in [-0.25, -0.2) is 4.79 Å². The maximum absolute atomic E-state index is 12.6. The third-order valence-electron chi connectivity index (χ3n) is 1.89. The maximum Gasteiger partial charge on any atom is 0.419 e. The summed E-state index contributed by atoms with van der Waals surface area (Å²) in [6.07, 6.45) is -3.74.